The second-order valence-corrected chi connectivity index (χ2v) is 13.1. The lowest BCUT2D eigenvalue weighted by atomic mass is 9.89. The number of Topliss-reactive ketones (excluding diaryl/α,β-unsaturated/α-hetero) is 1. The number of benzene rings is 4. The van der Waals surface area contributed by atoms with Crippen molar-refractivity contribution in [2.75, 3.05) is 20.3 Å². The fourth-order valence-corrected chi connectivity index (χ4v) is 7.08. The lowest BCUT2D eigenvalue weighted by Gasteiger charge is -2.15. The second-order valence-electron chi connectivity index (χ2n) is 13.1. The van der Waals surface area contributed by atoms with Crippen molar-refractivity contribution in [1.29, 1.82) is 0 Å². The Morgan fingerprint density at radius 2 is 1.75 bits per heavy atom. The van der Waals surface area contributed by atoms with Crippen molar-refractivity contribution in [3.63, 3.8) is 0 Å². The molecule has 0 spiro atoms. The van der Waals surface area contributed by atoms with Crippen LogP contribution in [0, 0.1) is 11.8 Å². The molecule has 1 saturated carbocycles. The Kier molecular flexibility index (Phi) is 10.4. The predicted molar refractivity (Wildman–Crippen MR) is 198 cm³/mol. The molecule has 1 aliphatic heterocycles. The van der Waals surface area contributed by atoms with Crippen LogP contribution in [0.2, 0.25) is 0 Å². The molecule has 9 heteroatoms. The molecule has 1 fully saturated rings. The molecule has 2 aliphatic rings. The number of unbranched alkanes of at least 4 members (excludes halogenated alkanes) is 2. The number of fused-ring (bicyclic) bond motifs is 3. The van der Waals surface area contributed by atoms with Gasteiger partial charge in [0.25, 0.3) is 0 Å². The average molecular weight is 686 g/mol. The molecule has 1 aliphatic carbocycles. The quantitative estimate of drug-likeness (QED) is 0.0849. The highest BCUT2D eigenvalue weighted by Gasteiger charge is 2.35. The van der Waals surface area contributed by atoms with Gasteiger partial charge in [-0.05, 0) is 93.1 Å². The van der Waals surface area contributed by atoms with Crippen LogP contribution in [0.25, 0.3) is 22.4 Å². The molecular weight excluding hydrogens is 642 g/mol. The van der Waals surface area contributed by atoms with Gasteiger partial charge in [0.2, 0.25) is 0 Å². The van der Waals surface area contributed by atoms with E-state index in [0.717, 1.165) is 72.3 Å². The van der Waals surface area contributed by atoms with Crippen molar-refractivity contribution in [1.82, 2.24) is 9.55 Å². The minimum absolute atomic E-state index is 0.00895. The monoisotopic (exact) mass is 685 g/mol. The van der Waals surface area contributed by atoms with Gasteiger partial charge in [-0.2, -0.15) is 0 Å². The average Bonchev–Trinajstić information content (AvgIpc) is 3.76. The van der Waals surface area contributed by atoms with Crippen LogP contribution in [-0.4, -0.2) is 47.8 Å². The molecule has 0 bridgehead atoms. The molecule has 0 radical (unpaired) electrons. The largest absolute Gasteiger partial charge is 0.493 e. The maximum absolute atomic E-state index is 13.3. The number of carbonyl (C=O) groups is 2. The van der Waals surface area contributed by atoms with Crippen molar-refractivity contribution >= 4 is 34.7 Å². The second kappa shape index (κ2) is 15.6. The number of ether oxygens (including phenoxy) is 4. The number of nitrogens with zero attached hydrogens (tertiary/aromatic N) is 3. The Bertz CT molecular complexity index is 2040. The van der Waals surface area contributed by atoms with Crippen LogP contribution in [0.3, 0.4) is 0 Å². The summed E-state index contributed by atoms with van der Waals surface area (Å²) in [5.74, 6) is 2.78. The molecule has 262 valence electrons. The van der Waals surface area contributed by atoms with Crippen LogP contribution in [0.15, 0.2) is 89.9 Å². The van der Waals surface area contributed by atoms with Crippen molar-refractivity contribution in [2.24, 2.45) is 16.8 Å². The van der Waals surface area contributed by atoms with E-state index in [9.17, 15) is 9.59 Å². The van der Waals surface area contributed by atoms with Crippen LogP contribution in [-0.2, 0) is 17.9 Å². The van der Waals surface area contributed by atoms with E-state index in [0.29, 0.717) is 54.7 Å². The van der Waals surface area contributed by atoms with E-state index >= 15 is 0 Å². The van der Waals surface area contributed by atoms with E-state index < -0.39 is 0 Å². The number of rotatable bonds is 14. The minimum atomic E-state index is -0.350. The lowest BCUT2D eigenvalue weighted by Crippen LogP contribution is -2.18. The fourth-order valence-electron chi connectivity index (χ4n) is 7.08. The zero-order valence-electron chi connectivity index (χ0n) is 29.2. The molecule has 2 heterocycles. The highest BCUT2D eigenvalue weighted by molar-refractivity contribution is 6.06. The maximum Gasteiger partial charge on any atom is 0.338 e. The Hall–Kier alpha value is -5.44. The van der Waals surface area contributed by atoms with Crippen LogP contribution in [0.1, 0.15) is 71.7 Å². The molecule has 1 aromatic heterocycles. The first kappa shape index (κ1) is 34.0. The molecule has 4 aromatic carbocycles. The van der Waals surface area contributed by atoms with Gasteiger partial charge in [0.1, 0.15) is 18.2 Å². The molecule has 0 saturated heterocycles. The number of hydrogen-bond donors (Lipinski definition) is 0. The summed E-state index contributed by atoms with van der Waals surface area (Å²) in [5, 5.41) is 0. The smallest absolute Gasteiger partial charge is 0.338 e. The first-order chi connectivity index (χ1) is 25.0. The van der Waals surface area contributed by atoms with Crippen LogP contribution in [0.4, 0.5) is 5.69 Å². The number of aryl methyl sites for hydroxylation is 1. The van der Waals surface area contributed by atoms with Crippen molar-refractivity contribution in [3.8, 4) is 28.6 Å². The molecule has 7 rings (SSSR count). The maximum atomic E-state index is 13.3. The molecule has 9 nitrogen and oxygen atoms in total. The number of imidazole rings is 1. The van der Waals surface area contributed by atoms with Gasteiger partial charge >= 0.3 is 5.97 Å². The summed E-state index contributed by atoms with van der Waals surface area (Å²) in [6, 6.07) is 27.2. The van der Waals surface area contributed by atoms with Gasteiger partial charge in [0.15, 0.2) is 17.3 Å². The highest BCUT2D eigenvalue weighted by atomic mass is 16.5. The third kappa shape index (κ3) is 7.53. The van der Waals surface area contributed by atoms with E-state index in [1.165, 1.54) is 0 Å². The summed E-state index contributed by atoms with van der Waals surface area (Å²) in [6.07, 6.45) is 7.52. The van der Waals surface area contributed by atoms with Gasteiger partial charge in [-0.15, -0.1) is 0 Å². The molecule has 5 aromatic rings. The molecule has 2 atom stereocenters. The lowest BCUT2D eigenvalue weighted by molar-refractivity contribution is 0.0526. The predicted octanol–water partition coefficient (Wildman–Crippen LogP) is 9.03. The Balaban J connectivity index is 1.03. The Morgan fingerprint density at radius 1 is 0.902 bits per heavy atom. The van der Waals surface area contributed by atoms with Gasteiger partial charge in [0, 0.05) is 41.8 Å². The summed E-state index contributed by atoms with van der Waals surface area (Å²) in [5.41, 5.74) is 5.53. The molecular formula is C42H43N3O6. The normalized spacial score (nSPS) is 16.4. The summed E-state index contributed by atoms with van der Waals surface area (Å²) in [6.45, 7) is 3.80. The number of aromatic nitrogens is 2. The van der Waals surface area contributed by atoms with Crippen molar-refractivity contribution in [3.05, 3.63) is 102 Å². The van der Waals surface area contributed by atoms with Crippen LogP contribution >= 0.6 is 0 Å². The molecule has 1 unspecified atom stereocenters. The van der Waals surface area contributed by atoms with E-state index in [-0.39, 0.29) is 23.6 Å². The third-order valence-corrected chi connectivity index (χ3v) is 9.76. The van der Waals surface area contributed by atoms with Gasteiger partial charge < -0.3 is 23.5 Å². The Labute approximate surface area is 298 Å². The zero-order chi connectivity index (χ0) is 35.2. The first-order valence-corrected chi connectivity index (χ1v) is 17.9. The summed E-state index contributed by atoms with van der Waals surface area (Å²) in [4.78, 5) is 35.6. The van der Waals surface area contributed by atoms with E-state index in [2.05, 4.69) is 9.56 Å². The van der Waals surface area contributed by atoms with Crippen LogP contribution < -0.4 is 14.2 Å². The molecule has 0 amide bonds. The van der Waals surface area contributed by atoms with Crippen molar-refractivity contribution < 1.29 is 28.5 Å². The highest BCUT2D eigenvalue weighted by Crippen LogP contribution is 2.42. The number of carbonyl (C=O) groups excluding carboxylic acids is 2. The Morgan fingerprint density at radius 3 is 2.55 bits per heavy atom. The minimum Gasteiger partial charge on any atom is -0.493 e. The van der Waals surface area contributed by atoms with E-state index in [1.807, 2.05) is 79.0 Å². The topological polar surface area (TPSA) is 101 Å². The number of ketones is 1. The number of aliphatic imine (C=N–C) groups is 1. The molecule has 0 N–H and O–H groups in total. The number of esters is 1. The summed E-state index contributed by atoms with van der Waals surface area (Å²) >= 11 is 0. The van der Waals surface area contributed by atoms with Gasteiger partial charge in [-0.1, -0.05) is 36.8 Å². The summed E-state index contributed by atoms with van der Waals surface area (Å²) in [7, 11) is 1.60. The van der Waals surface area contributed by atoms with E-state index in [1.54, 1.807) is 26.2 Å². The van der Waals surface area contributed by atoms with Gasteiger partial charge in [-0.3, -0.25) is 9.79 Å². The first-order valence-electron chi connectivity index (χ1n) is 17.9. The number of hydrogen-bond acceptors (Lipinski definition) is 8. The van der Waals surface area contributed by atoms with Crippen LogP contribution in [0.5, 0.6) is 17.2 Å². The third-order valence-electron chi connectivity index (χ3n) is 9.76. The molecule has 51 heavy (non-hydrogen) atoms. The zero-order valence-corrected chi connectivity index (χ0v) is 29.2. The van der Waals surface area contributed by atoms with Gasteiger partial charge in [0.05, 0.1) is 42.6 Å². The fraction of sp³-hybridized carbons (Fsp3) is 0.333. The van der Waals surface area contributed by atoms with Gasteiger partial charge in [-0.25, -0.2) is 9.78 Å². The van der Waals surface area contributed by atoms with Crippen molar-refractivity contribution in [2.45, 2.75) is 58.6 Å². The SMILES string of the molecule is CCOC(=O)c1ccc2nc(-c3ccc(OCc4ccccc4)cc3)n(CCCCCOc3cc4c(cc3OC)C(=O)C3CCC[C@H]3C=N4)c2c1. The standard InChI is InChI=1S/C42H43N3O6/c1-3-49-42(47)30-17-20-35-37(23-30)45(41(44-35)29-15-18-32(19-16-29)51-27-28-11-6-4-7-12-28)21-8-5-9-22-50-39-25-36-34(24-38(39)48-2)40(46)33-14-10-13-31(33)26-43-36/h4,6-7,11-12,15-20,23-26,31,33H,3,5,8-10,13-14,21-22,27H2,1-2H3/t31-,33?/m0/s1. The van der Waals surface area contributed by atoms with E-state index in [4.69, 9.17) is 23.9 Å². The summed E-state index contributed by atoms with van der Waals surface area (Å²) < 4.78 is 25.3. The number of methoxy groups -OCH3 is 1.